The zero-order valence-electron chi connectivity index (χ0n) is 15.0. The van der Waals surface area contributed by atoms with Gasteiger partial charge in [0.05, 0.1) is 0 Å². The quantitative estimate of drug-likeness (QED) is 0.801. The van der Waals surface area contributed by atoms with Gasteiger partial charge in [-0.1, -0.05) is 18.2 Å². The van der Waals surface area contributed by atoms with Crippen LogP contribution in [0.5, 0.6) is 0 Å². The molecule has 0 aliphatic carbocycles. The molecule has 1 aromatic heterocycles. The lowest BCUT2D eigenvalue weighted by atomic mass is 10.0. The number of thiophene rings is 1. The van der Waals surface area contributed by atoms with E-state index in [-0.39, 0.29) is 30.2 Å². The molecule has 142 valence electrons. The fraction of sp³-hybridized carbons (Fsp3) is 0.350. The molecule has 0 atom stereocenters. The van der Waals surface area contributed by atoms with Crippen molar-refractivity contribution in [1.82, 2.24) is 15.5 Å². The fourth-order valence-electron chi connectivity index (χ4n) is 3.07. The minimum atomic E-state index is -0.147. The first-order valence-corrected chi connectivity index (χ1v) is 10.0. The summed E-state index contributed by atoms with van der Waals surface area (Å²) in [6.45, 7) is 1.58. The van der Waals surface area contributed by atoms with Gasteiger partial charge in [-0.15, -0.1) is 0 Å². The van der Waals surface area contributed by atoms with Gasteiger partial charge in [-0.05, 0) is 36.4 Å². The van der Waals surface area contributed by atoms with Crippen molar-refractivity contribution in [2.75, 3.05) is 19.6 Å². The summed E-state index contributed by atoms with van der Waals surface area (Å²) in [6, 6.07) is 11.0. The Morgan fingerprint density at radius 1 is 1.00 bits per heavy atom. The normalized spacial score (nSPS) is 14.6. The molecule has 3 amide bonds. The number of nitrogens with zero attached hydrogens (tertiary/aromatic N) is 1. The van der Waals surface area contributed by atoms with Gasteiger partial charge < -0.3 is 15.5 Å². The molecule has 1 aliphatic heterocycles. The van der Waals surface area contributed by atoms with Crippen LogP contribution in [-0.2, 0) is 4.79 Å². The number of carbonyl (C=O) groups is 3. The lowest BCUT2D eigenvalue weighted by molar-refractivity contribution is -0.132. The lowest BCUT2D eigenvalue weighted by Crippen LogP contribution is -2.47. The number of rotatable bonds is 6. The van der Waals surface area contributed by atoms with Crippen LogP contribution in [0, 0.1) is 0 Å². The smallest absolute Gasteiger partial charge is 0.252 e. The molecule has 2 N–H and O–H groups in total. The number of likely N-dealkylation sites (tertiary alicyclic amines) is 1. The number of piperidine rings is 1. The Labute approximate surface area is 162 Å². The van der Waals surface area contributed by atoms with Gasteiger partial charge in [0.25, 0.3) is 11.8 Å². The highest BCUT2D eigenvalue weighted by Gasteiger charge is 2.24. The Bertz CT molecular complexity index is 769. The minimum absolute atomic E-state index is 0.0356. The molecule has 1 saturated heterocycles. The van der Waals surface area contributed by atoms with Gasteiger partial charge in [0.15, 0.2) is 0 Å². The van der Waals surface area contributed by atoms with Crippen LogP contribution in [0.2, 0.25) is 0 Å². The van der Waals surface area contributed by atoms with Crippen molar-refractivity contribution in [2.24, 2.45) is 0 Å². The highest BCUT2D eigenvalue weighted by molar-refractivity contribution is 7.08. The van der Waals surface area contributed by atoms with E-state index in [9.17, 15) is 14.4 Å². The van der Waals surface area contributed by atoms with Gasteiger partial charge in [-0.2, -0.15) is 11.3 Å². The maximum atomic E-state index is 12.3. The number of nitrogens with one attached hydrogen (secondary N) is 2. The molecule has 6 nitrogen and oxygen atoms in total. The molecule has 0 bridgehead atoms. The predicted molar refractivity (Wildman–Crippen MR) is 105 cm³/mol. The molecule has 1 aromatic carbocycles. The van der Waals surface area contributed by atoms with Crippen LogP contribution in [0.25, 0.3) is 0 Å². The summed E-state index contributed by atoms with van der Waals surface area (Å²) >= 11 is 1.47. The molecule has 0 radical (unpaired) electrons. The van der Waals surface area contributed by atoms with Gasteiger partial charge in [-0.25, -0.2) is 0 Å². The summed E-state index contributed by atoms with van der Waals surface area (Å²) < 4.78 is 0. The maximum absolute atomic E-state index is 12.3. The lowest BCUT2D eigenvalue weighted by Gasteiger charge is -2.32. The van der Waals surface area contributed by atoms with Gasteiger partial charge in [0, 0.05) is 48.6 Å². The first-order chi connectivity index (χ1) is 13.1. The molecule has 7 heteroatoms. The third kappa shape index (κ3) is 5.40. The Morgan fingerprint density at radius 2 is 1.74 bits per heavy atom. The SMILES string of the molecule is O=C(NCCC(=O)N1CCC(NC(=O)c2ccccc2)CC1)c1ccsc1. The van der Waals surface area contributed by atoms with E-state index in [4.69, 9.17) is 0 Å². The third-order valence-corrected chi connectivity index (χ3v) is 5.31. The summed E-state index contributed by atoms with van der Waals surface area (Å²) in [5, 5.41) is 9.44. The van der Waals surface area contributed by atoms with E-state index >= 15 is 0 Å². The maximum Gasteiger partial charge on any atom is 0.252 e. The van der Waals surface area contributed by atoms with Crippen molar-refractivity contribution in [3.63, 3.8) is 0 Å². The van der Waals surface area contributed by atoms with Crippen LogP contribution in [0.3, 0.4) is 0 Å². The van der Waals surface area contributed by atoms with Crippen molar-refractivity contribution in [1.29, 1.82) is 0 Å². The highest BCUT2D eigenvalue weighted by Crippen LogP contribution is 2.12. The molecule has 2 heterocycles. The summed E-state index contributed by atoms with van der Waals surface area (Å²) in [5.74, 6) is -0.184. The van der Waals surface area contributed by atoms with Crippen LogP contribution in [0.1, 0.15) is 40.0 Å². The second-order valence-corrected chi connectivity index (χ2v) is 7.29. The number of hydrogen-bond donors (Lipinski definition) is 2. The Balaban J connectivity index is 1.36. The molecule has 0 saturated carbocycles. The van der Waals surface area contributed by atoms with Gasteiger partial charge >= 0.3 is 0 Å². The molecule has 3 rings (SSSR count). The zero-order chi connectivity index (χ0) is 19.1. The second-order valence-electron chi connectivity index (χ2n) is 6.51. The standard InChI is InChI=1S/C20H23N3O3S/c24-18(6-10-21-19(25)16-9-13-27-14-16)23-11-7-17(8-12-23)22-20(26)15-4-2-1-3-5-15/h1-5,9,13-14,17H,6-8,10-12H2,(H,21,25)(H,22,26). The van der Waals surface area contributed by atoms with Crippen LogP contribution in [0.4, 0.5) is 0 Å². The first-order valence-electron chi connectivity index (χ1n) is 9.07. The molecule has 1 aliphatic rings. The van der Waals surface area contributed by atoms with E-state index < -0.39 is 0 Å². The highest BCUT2D eigenvalue weighted by atomic mass is 32.1. The summed E-state index contributed by atoms with van der Waals surface area (Å²) in [6.07, 6.45) is 1.77. The zero-order valence-corrected chi connectivity index (χ0v) is 15.8. The molecule has 1 fully saturated rings. The largest absolute Gasteiger partial charge is 0.351 e. The van der Waals surface area contributed by atoms with E-state index in [1.54, 1.807) is 23.6 Å². The van der Waals surface area contributed by atoms with Crippen molar-refractivity contribution >= 4 is 29.1 Å². The summed E-state index contributed by atoms with van der Waals surface area (Å²) in [5.41, 5.74) is 1.28. The molecule has 0 spiro atoms. The van der Waals surface area contributed by atoms with E-state index in [0.29, 0.717) is 30.8 Å². The van der Waals surface area contributed by atoms with Crippen molar-refractivity contribution in [3.05, 3.63) is 58.3 Å². The Hall–Kier alpha value is -2.67. The fourth-order valence-corrected chi connectivity index (χ4v) is 3.70. The van der Waals surface area contributed by atoms with Crippen LogP contribution in [0.15, 0.2) is 47.2 Å². The monoisotopic (exact) mass is 385 g/mol. The number of hydrogen-bond acceptors (Lipinski definition) is 4. The average Bonchev–Trinajstić information content (AvgIpc) is 3.24. The molecular weight excluding hydrogens is 362 g/mol. The van der Waals surface area contributed by atoms with Crippen molar-refractivity contribution in [2.45, 2.75) is 25.3 Å². The van der Waals surface area contributed by atoms with E-state index in [1.807, 2.05) is 28.5 Å². The van der Waals surface area contributed by atoms with Gasteiger partial charge in [0.2, 0.25) is 5.91 Å². The van der Waals surface area contributed by atoms with Crippen molar-refractivity contribution in [3.8, 4) is 0 Å². The van der Waals surface area contributed by atoms with Crippen LogP contribution < -0.4 is 10.6 Å². The molecule has 27 heavy (non-hydrogen) atoms. The van der Waals surface area contributed by atoms with E-state index in [0.717, 1.165) is 12.8 Å². The predicted octanol–water partition coefficient (Wildman–Crippen LogP) is 2.29. The topological polar surface area (TPSA) is 78.5 Å². The second kappa shape index (κ2) is 9.32. The number of benzene rings is 1. The van der Waals surface area contributed by atoms with E-state index in [1.165, 1.54) is 11.3 Å². The summed E-state index contributed by atoms with van der Waals surface area (Å²) in [4.78, 5) is 38.2. The molecule has 0 unspecified atom stereocenters. The van der Waals surface area contributed by atoms with Gasteiger partial charge in [-0.3, -0.25) is 14.4 Å². The summed E-state index contributed by atoms with van der Waals surface area (Å²) in [7, 11) is 0. The number of carbonyl (C=O) groups excluding carboxylic acids is 3. The van der Waals surface area contributed by atoms with Crippen molar-refractivity contribution < 1.29 is 14.4 Å². The van der Waals surface area contributed by atoms with E-state index in [2.05, 4.69) is 10.6 Å². The average molecular weight is 385 g/mol. The van der Waals surface area contributed by atoms with Crippen LogP contribution >= 0.6 is 11.3 Å². The Kier molecular flexibility index (Phi) is 6.59. The Morgan fingerprint density at radius 3 is 2.41 bits per heavy atom. The molecule has 2 aromatic rings. The molecular formula is C20H23N3O3S. The number of amides is 3. The minimum Gasteiger partial charge on any atom is -0.351 e. The van der Waals surface area contributed by atoms with Gasteiger partial charge in [0.1, 0.15) is 0 Å². The first kappa shape index (κ1) is 19.1. The van der Waals surface area contributed by atoms with Crippen LogP contribution in [-0.4, -0.2) is 48.3 Å². The third-order valence-electron chi connectivity index (χ3n) is 4.63.